The minimum Gasteiger partial charge on any atom is -0.457 e. The van der Waals surface area contributed by atoms with Crippen molar-refractivity contribution in [2.24, 2.45) is 0 Å². The fourth-order valence-electron chi connectivity index (χ4n) is 3.01. The summed E-state index contributed by atoms with van der Waals surface area (Å²) in [5.74, 6) is 2.23. The van der Waals surface area contributed by atoms with Gasteiger partial charge in [-0.15, -0.1) is 0 Å². The molecule has 0 aliphatic carbocycles. The van der Waals surface area contributed by atoms with Gasteiger partial charge >= 0.3 is 0 Å². The molecule has 6 heteroatoms. The molecule has 4 rings (SSSR count). The van der Waals surface area contributed by atoms with Crippen molar-refractivity contribution in [2.45, 2.75) is 0 Å². The highest BCUT2D eigenvalue weighted by atomic mass is 16.5. The Morgan fingerprint density at radius 3 is 2.15 bits per heavy atom. The molecule has 0 unspecified atom stereocenters. The zero-order valence-electron chi connectivity index (χ0n) is 17.6. The van der Waals surface area contributed by atoms with E-state index in [1.54, 1.807) is 36.7 Å². The Hall–Kier alpha value is -4.89. The van der Waals surface area contributed by atoms with E-state index in [1.165, 1.54) is 0 Å². The number of anilines is 1. The molecule has 0 bridgehead atoms. The molecule has 6 nitrogen and oxygen atoms in total. The lowest BCUT2D eigenvalue weighted by atomic mass is 10.1. The highest BCUT2D eigenvalue weighted by molar-refractivity contribution is 6.06. The van der Waals surface area contributed by atoms with Crippen LogP contribution in [0.2, 0.25) is 0 Å². The quantitative estimate of drug-likeness (QED) is 0.271. The van der Waals surface area contributed by atoms with E-state index in [4.69, 9.17) is 14.7 Å². The summed E-state index contributed by atoms with van der Waals surface area (Å²) in [6.07, 6.45) is 3.38. The van der Waals surface area contributed by atoms with Crippen LogP contribution < -0.4 is 14.8 Å². The SMILES string of the molecule is C=C(C#N)C(=O)Nc1ccc(-c2cnccc2Oc2ccc(Oc3ccccc3)cc2)cc1. The number of para-hydroxylation sites is 1. The molecule has 1 heterocycles. The van der Waals surface area contributed by atoms with Crippen molar-refractivity contribution < 1.29 is 14.3 Å². The Morgan fingerprint density at radius 2 is 1.48 bits per heavy atom. The summed E-state index contributed by atoms with van der Waals surface area (Å²) in [7, 11) is 0. The summed E-state index contributed by atoms with van der Waals surface area (Å²) in [6, 6.07) is 27.6. The molecule has 4 aromatic rings. The van der Waals surface area contributed by atoms with Crippen molar-refractivity contribution in [2.75, 3.05) is 5.32 Å². The molecule has 0 saturated carbocycles. The van der Waals surface area contributed by atoms with Crippen LogP contribution in [-0.2, 0) is 4.79 Å². The number of nitriles is 1. The number of carbonyl (C=O) groups excluding carboxylic acids is 1. The first-order valence-corrected chi connectivity index (χ1v) is 10.1. The Labute approximate surface area is 191 Å². The van der Waals surface area contributed by atoms with Gasteiger partial charge in [-0.25, -0.2) is 0 Å². The maximum Gasteiger partial charge on any atom is 0.265 e. The summed E-state index contributed by atoms with van der Waals surface area (Å²) in [6.45, 7) is 3.41. The normalized spacial score (nSPS) is 10.0. The predicted molar refractivity (Wildman–Crippen MR) is 126 cm³/mol. The lowest BCUT2D eigenvalue weighted by molar-refractivity contribution is -0.112. The largest absolute Gasteiger partial charge is 0.457 e. The molecule has 0 radical (unpaired) electrons. The maximum atomic E-state index is 11.8. The van der Waals surface area contributed by atoms with E-state index in [1.807, 2.05) is 66.7 Å². The third-order valence-corrected chi connectivity index (χ3v) is 4.67. The van der Waals surface area contributed by atoms with Crippen molar-refractivity contribution in [3.05, 3.63) is 109 Å². The van der Waals surface area contributed by atoms with Crippen LogP contribution >= 0.6 is 0 Å². The zero-order valence-corrected chi connectivity index (χ0v) is 17.6. The van der Waals surface area contributed by atoms with Gasteiger partial charge in [-0.2, -0.15) is 5.26 Å². The second-order valence-corrected chi connectivity index (χ2v) is 6.98. The number of hydrogen-bond donors (Lipinski definition) is 1. The van der Waals surface area contributed by atoms with Gasteiger partial charge in [0.05, 0.1) is 0 Å². The number of carbonyl (C=O) groups is 1. The minimum atomic E-state index is -0.532. The standard InChI is InChI=1S/C27H19N3O3/c1-19(17-28)27(31)30-21-9-7-20(8-10-21)25-18-29-16-15-26(25)33-24-13-11-23(12-14-24)32-22-5-3-2-4-6-22/h2-16,18H,1H2,(H,30,31). The van der Waals surface area contributed by atoms with Gasteiger partial charge in [0, 0.05) is 23.6 Å². The number of ether oxygens (including phenoxy) is 2. The zero-order chi connectivity index (χ0) is 23.0. The summed E-state index contributed by atoms with van der Waals surface area (Å²) < 4.78 is 11.9. The topological polar surface area (TPSA) is 84.2 Å². The van der Waals surface area contributed by atoms with Crippen molar-refractivity contribution >= 4 is 11.6 Å². The molecular weight excluding hydrogens is 414 g/mol. The first-order chi connectivity index (χ1) is 16.1. The highest BCUT2D eigenvalue weighted by Crippen LogP contribution is 2.34. The Kier molecular flexibility index (Phi) is 6.43. The summed E-state index contributed by atoms with van der Waals surface area (Å²) >= 11 is 0. The molecule has 0 aliphatic heterocycles. The van der Waals surface area contributed by atoms with Crippen molar-refractivity contribution in [3.8, 4) is 40.2 Å². The third kappa shape index (κ3) is 5.43. The maximum absolute atomic E-state index is 11.8. The number of benzene rings is 3. The molecule has 1 N–H and O–H groups in total. The van der Waals surface area contributed by atoms with Gasteiger partial charge in [0.25, 0.3) is 5.91 Å². The number of nitrogens with zero attached hydrogens (tertiary/aromatic N) is 2. The summed E-state index contributed by atoms with van der Waals surface area (Å²) in [5, 5.41) is 11.4. The molecule has 160 valence electrons. The van der Waals surface area contributed by atoms with E-state index in [0.717, 1.165) is 16.9 Å². The average molecular weight is 433 g/mol. The van der Waals surface area contributed by atoms with Gasteiger partial charge in [0.1, 0.15) is 34.6 Å². The van der Waals surface area contributed by atoms with Gasteiger partial charge in [-0.3, -0.25) is 9.78 Å². The van der Waals surface area contributed by atoms with Gasteiger partial charge in [0.15, 0.2) is 0 Å². The van der Waals surface area contributed by atoms with Crippen LogP contribution in [0.15, 0.2) is 109 Å². The monoisotopic (exact) mass is 433 g/mol. The highest BCUT2D eigenvalue weighted by Gasteiger charge is 2.10. The summed E-state index contributed by atoms with van der Waals surface area (Å²) in [4.78, 5) is 16.0. The Balaban J connectivity index is 1.48. The van der Waals surface area contributed by atoms with Crippen LogP contribution in [-0.4, -0.2) is 10.9 Å². The van der Waals surface area contributed by atoms with E-state index in [-0.39, 0.29) is 5.57 Å². The molecule has 0 saturated heterocycles. The van der Waals surface area contributed by atoms with E-state index in [2.05, 4.69) is 16.9 Å². The van der Waals surface area contributed by atoms with Gasteiger partial charge in [0.2, 0.25) is 0 Å². The van der Waals surface area contributed by atoms with Crippen LogP contribution in [0.25, 0.3) is 11.1 Å². The van der Waals surface area contributed by atoms with Crippen molar-refractivity contribution in [1.82, 2.24) is 4.98 Å². The lowest BCUT2D eigenvalue weighted by Gasteiger charge is -2.12. The molecule has 1 aromatic heterocycles. The number of amides is 1. The molecule has 33 heavy (non-hydrogen) atoms. The van der Waals surface area contributed by atoms with Crippen LogP contribution in [0.5, 0.6) is 23.0 Å². The molecular formula is C27H19N3O3. The lowest BCUT2D eigenvalue weighted by Crippen LogP contribution is -2.12. The van der Waals surface area contributed by atoms with Gasteiger partial charge < -0.3 is 14.8 Å². The van der Waals surface area contributed by atoms with E-state index in [0.29, 0.717) is 22.9 Å². The van der Waals surface area contributed by atoms with E-state index in [9.17, 15) is 4.79 Å². The first-order valence-electron chi connectivity index (χ1n) is 10.1. The second kappa shape index (κ2) is 9.94. The smallest absolute Gasteiger partial charge is 0.265 e. The number of hydrogen-bond acceptors (Lipinski definition) is 5. The first kappa shape index (κ1) is 21.3. The predicted octanol–water partition coefficient (Wildman–Crippen LogP) is 6.35. The van der Waals surface area contributed by atoms with Crippen LogP contribution in [0.3, 0.4) is 0 Å². The van der Waals surface area contributed by atoms with Crippen LogP contribution in [0.1, 0.15) is 0 Å². The number of pyridine rings is 1. The molecule has 3 aromatic carbocycles. The second-order valence-electron chi connectivity index (χ2n) is 6.98. The molecule has 0 fully saturated rings. The molecule has 0 spiro atoms. The van der Waals surface area contributed by atoms with Crippen molar-refractivity contribution in [1.29, 1.82) is 5.26 Å². The van der Waals surface area contributed by atoms with E-state index >= 15 is 0 Å². The third-order valence-electron chi connectivity index (χ3n) is 4.67. The molecule has 1 amide bonds. The number of nitrogens with one attached hydrogen (secondary N) is 1. The molecule has 0 atom stereocenters. The fraction of sp³-hybridized carbons (Fsp3) is 0. The van der Waals surface area contributed by atoms with Crippen LogP contribution in [0.4, 0.5) is 5.69 Å². The van der Waals surface area contributed by atoms with Gasteiger partial charge in [-0.05, 0) is 60.2 Å². The van der Waals surface area contributed by atoms with Gasteiger partial charge in [-0.1, -0.05) is 36.9 Å². The van der Waals surface area contributed by atoms with E-state index < -0.39 is 5.91 Å². The average Bonchev–Trinajstić information content (AvgIpc) is 2.86. The molecule has 0 aliphatic rings. The Bertz CT molecular complexity index is 1310. The number of rotatable bonds is 7. The minimum absolute atomic E-state index is 0.151. The fourth-order valence-corrected chi connectivity index (χ4v) is 3.01. The van der Waals surface area contributed by atoms with Crippen molar-refractivity contribution in [3.63, 3.8) is 0 Å². The van der Waals surface area contributed by atoms with Crippen LogP contribution in [0, 0.1) is 11.3 Å². The number of aromatic nitrogens is 1. The summed E-state index contributed by atoms with van der Waals surface area (Å²) in [5.41, 5.74) is 2.06. The Morgan fingerprint density at radius 1 is 0.848 bits per heavy atom.